The molecule has 2 aliphatic rings. The zero-order valence-electron chi connectivity index (χ0n) is 23.9. The molecule has 0 radical (unpaired) electrons. The van der Waals surface area contributed by atoms with Crippen molar-refractivity contribution < 1.29 is 28.5 Å². The lowest BCUT2D eigenvalue weighted by atomic mass is 10.0. The average Bonchev–Trinajstić information content (AvgIpc) is 3.75. The van der Waals surface area contributed by atoms with Crippen molar-refractivity contribution in [3.63, 3.8) is 0 Å². The van der Waals surface area contributed by atoms with Gasteiger partial charge in [-0.15, -0.1) is 11.3 Å². The molecule has 3 aromatic heterocycles. The molecular weight excluding hydrogens is 562 g/mol. The zero-order chi connectivity index (χ0) is 29.8. The van der Waals surface area contributed by atoms with Crippen LogP contribution in [-0.4, -0.2) is 51.6 Å². The first-order chi connectivity index (χ1) is 20.1. The Morgan fingerprint density at radius 1 is 1.21 bits per heavy atom. The molecule has 12 heteroatoms. The van der Waals surface area contributed by atoms with Gasteiger partial charge in [0.05, 0.1) is 36.2 Å². The van der Waals surface area contributed by atoms with Gasteiger partial charge >= 0.3 is 11.7 Å². The molecule has 1 N–H and O–H groups in total. The van der Waals surface area contributed by atoms with Crippen molar-refractivity contribution in [1.82, 2.24) is 14.1 Å². The topological polar surface area (TPSA) is 135 Å². The minimum Gasteiger partial charge on any atom is -0.496 e. The number of rotatable bonds is 9. The van der Waals surface area contributed by atoms with Gasteiger partial charge in [-0.05, 0) is 57.1 Å². The summed E-state index contributed by atoms with van der Waals surface area (Å²) >= 11 is 1.21. The summed E-state index contributed by atoms with van der Waals surface area (Å²) in [5, 5.41) is 10.3. The van der Waals surface area contributed by atoms with E-state index in [0.29, 0.717) is 38.7 Å². The van der Waals surface area contributed by atoms with Crippen LogP contribution in [0.2, 0.25) is 0 Å². The maximum absolute atomic E-state index is 14.2. The molecule has 6 rings (SSSR count). The number of carboxylic acids is 1. The Labute approximate surface area is 245 Å². The van der Waals surface area contributed by atoms with Crippen molar-refractivity contribution >= 4 is 27.5 Å². The number of benzene rings is 1. The van der Waals surface area contributed by atoms with E-state index in [2.05, 4.69) is 4.98 Å². The molecule has 0 bridgehead atoms. The smallest absolute Gasteiger partial charge is 0.333 e. The van der Waals surface area contributed by atoms with E-state index in [1.54, 1.807) is 14.0 Å². The predicted octanol–water partition coefficient (Wildman–Crippen LogP) is 4.20. The molecule has 4 heterocycles. The van der Waals surface area contributed by atoms with Gasteiger partial charge in [0.1, 0.15) is 28.5 Å². The molecule has 1 aromatic carbocycles. The Balaban J connectivity index is 1.54. The second kappa shape index (κ2) is 10.8. The highest BCUT2D eigenvalue weighted by atomic mass is 32.1. The number of nitrogens with zero attached hydrogens (tertiary/aromatic N) is 3. The van der Waals surface area contributed by atoms with Gasteiger partial charge in [-0.2, -0.15) is 0 Å². The number of para-hydroxylation sites is 1. The van der Waals surface area contributed by atoms with Crippen molar-refractivity contribution in [3.8, 4) is 16.5 Å². The Hall–Kier alpha value is -3.74. The van der Waals surface area contributed by atoms with Gasteiger partial charge in [-0.1, -0.05) is 18.2 Å². The molecular formula is C30H33N3O8S. The second-order valence-corrected chi connectivity index (χ2v) is 12.5. The molecule has 4 atom stereocenters. The number of thiophene rings is 1. The molecule has 42 heavy (non-hydrogen) atoms. The van der Waals surface area contributed by atoms with Gasteiger partial charge in [0.2, 0.25) is 5.89 Å². The van der Waals surface area contributed by atoms with Crippen LogP contribution in [0.5, 0.6) is 5.75 Å². The lowest BCUT2D eigenvalue weighted by Gasteiger charge is -2.27. The van der Waals surface area contributed by atoms with Crippen molar-refractivity contribution in [2.24, 2.45) is 11.8 Å². The predicted molar refractivity (Wildman–Crippen MR) is 155 cm³/mol. The zero-order valence-corrected chi connectivity index (χ0v) is 24.7. The fraction of sp³-hybridized carbons (Fsp3) is 0.467. The van der Waals surface area contributed by atoms with E-state index < -0.39 is 28.9 Å². The van der Waals surface area contributed by atoms with Crippen LogP contribution in [-0.2, 0) is 26.4 Å². The van der Waals surface area contributed by atoms with E-state index >= 15 is 0 Å². The van der Waals surface area contributed by atoms with Crippen LogP contribution >= 0.6 is 11.3 Å². The van der Waals surface area contributed by atoms with Crippen molar-refractivity contribution in [3.05, 3.63) is 68.7 Å². The number of aliphatic carboxylic acids is 1. The summed E-state index contributed by atoms with van der Waals surface area (Å²) in [6, 6.07) is 7.49. The Bertz CT molecular complexity index is 1740. The van der Waals surface area contributed by atoms with Gasteiger partial charge in [0.15, 0.2) is 0 Å². The van der Waals surface area contributed by atoms with Crippen LogP contribution in [0.15, 0.2) is 50.7 Å². The van der Waals surface area contributed by atoms with Crippen molar-refractivity contribution in [2.75, 3.05) is 20.3 Å². The SMILES string of the molecule is COc1ccccc1[C@H](Cn1c(=O)n(C(C)(C)C(=O)O)c(=O)c2c(C)c(-c3ncco3)sc21)O[C@@H]1C[C@H]2COC[C@H]2C1. The maximum atomic E-state index is 14.2. The quantitative estimate of drug-likeness (QED) is 0.302. The molecule has 222 valence electrons. The van der Waals surface area contributed by atoms with E-state index in [1.807, 2.05) is 24.3 Å². The third-order valence-corrected chi connectivity index (χ3v) is 9.88. The number of aryl methyl sites for hydroxylation is 1. The molecule has 1 saturated carbocycles. The molecule has 1 aliphatic heterocycles. The first kappa shape index (κ1) is 28.4. The second-order valence-electron chi connectivity index (χ2n) is 11.5. The molecule has 1 saturated heterocycles. The van der Waals surface area contributed by atoms with E-state index in [9.17, 15) is 19.5 Å². The van der Waals surface area contributed by atoms with Crippen LogP contribution in [0.25, 0.3) is 21.0 Å². The van der Waals surface area contributed by atoms with Crippen molar-refractivity contribution in [2.45, 2.75) is 57.9 Å². The van der Waals surface area contributed by atoms with Crippen LogP contribution in [0.1, 0.15) is 43.9 Å². The number of oxazole rings is 1. The fourth-order valence-corrected chi connectivity index (χ4v) is 7.47. The first-order valence-corrected chi connectivity index (χ1v) is 14.7. The van der Waals surface area contributed by atoms with Gasteiger partial charge in [-0.25, -0.2) is 19.1 Å². The molecule has 2 fully saturated rings. The highest BCUT2D eigenvalue weighted by molar-refractivity contribution is 7.22. The van der Waals surface area contributed by atoms with E-state index in [-0.39, 0.29) is 18.0 Å². The third kappa shape index (κ3) is 4.67. The minimum absolute atomic E-state index is 0.0268. The van der Waals surface area contributed by atoms with Crippen LogP contribution in [0.3, 0.4) is 0 Å². The first-order valence-electron chi connectivity index (χ1n) is 13.9. The minimum atomic E-state index is -1.81. The van der Waals surface area contributed by atoms with Crippen LogP contribution in [0.4, 0.5) is 0 Å². The summed E-state index contributed by atoms with van der Waals surface area (Å²) < 4.78 is 25.9. The highest BCUT2D eigenvalue weighted by Gasteiger charge is 2.41. The summed E-state index contributed by atoms with van der Waals surface area (Å²) in [5.74, 6) is 0.489. The van der Waals surface area contributed by atoms with E-state index in [0.717, 1.165) is 36.2 Å². The highest BCUT2D eigenvalue weighted by Crippen LogP contribution is 2.42. The summed E-state index contributed by atoms with van der Waals surface area (Å²) in [6.45, 7) is 5.91. The number of aromatic nitrogens is 3. The normalized spacial score (nSPS) is 21.1. The number of hydrogen-bond acceptors (Lipinski definition) is 9. The largest absolute Gasteiger partial charge is 0.496 e. The van der Waals surface area contributed by atoms with Crippen LogP contribution in [0, 0.1) is 18.8 Å². The molecule has 0 unspecified atom stereocenters. The Morgan fingerprint density at radius 2 is 1.93 bits per heavy atom. The molecule has 4 aromatic rings. The summed E-state index contributed by atoms with van der Waals surface area (Å²) in [5.41, 5.74) is -1.91. The number of hydrogen-bond donors (Lipinski definition) is 1. The van der Waals surface area contributed by atoms with Gasteiger partial charge in [0, 0.05) is 18.8 Å². The van der Waals surface area contributed by atoms with Gasteiger partial charge < -0.3 is 23.7 Å². The van der Waals surface area contributed by atoms with E-state index in [1.165, 1.54) is 42.2 Å². The third-order valence-electron chi connectivity index (χ3n) is 8.57. The molecule has 1 aliphatic carbocycles. The van der Waals surface area contributed by atoms with Crippen LogP contribution < -0.4 is 16.0 Å². The fourth-order valence-electron chi connectivity index (χ4n) is 6.23. The Morgan fingerprint density at radius 3 is 2.57 bits per heavy atom. The lowest BCUT2D eigenvalue weighted by molar-refractivity contribution is -0.146. The lowest BCUT2D eigenvalue weighted by Crippen LogP contribution is -2.52. The molecule has 11 nitrogen and oxygen atoms in total. The average molecular weight is 596 g/mol. The number of fused-ring (bicyclic) bond motifs is 2. The molecule has 0 spiro atoms. The standard InChI is InChI=1S/C30H33N3O8S/c1-16-23-26(34)33(30(2,3)28(35)36)29(37)32(27(23)42-24(16)25-31-9-10-40-25)13-22(20-7-5-6-8-21(20)38-4)41-19-11-17-14-39-15-18(17)12-19/h5-10,17-19,22H,11-15H2,1-4H3,(H,35,36)/t17-,18+,19+,22-/m0/s1. The summed E-state index contributed by atoms with van der Waals surface area (Å²) in [6.07, 6.45) is 3.95. The summed E-state index contributed by atoms with van der Waals surface area (Å²) in [7, 11) is 1.58. The monoisotopic (exact) mass is 595 g/mol. The number of carboxylic acid groups (broad SMARTS) is 1. The number of ether oxygens (including phenoxy) is 3. The Kier molecular flexibility index (Phi) is 7.32. The van der Waals surface area contributed by atoms with Gasteiger partial charge in [0.25, 0.3) is 5.56 Å². The van der Waals surface area contributed by atoms with E-state index in [4.69, 9.17) is 18.6 Å². The van der Waals surface area contributed by atoms with Crippen molar-refractivity contribution in [1.29, 1.82) is 0 Å². The summed E-state index contributed by atoms with van der Waals surface area (Å²) in [4.78, 5) is 45.6. The molecule has 0 amide bonds. The number of carbonyl (C=O) groups is 1. The van der Waals surface area contributed by atoms with Gasteiger partial charge in [-0.3, -0.25) is 9.36 Å². The number of methoxy groups -OCH3 is 1. The maximum Gasteiger partial charge on any atom is 0.333 e.